The molecule has 6 heteroatoms. The first-order chi connectivity index (χ1) is 9.89. The summed E-state index contributed by atoms with van der Waals surface area (Å²) >= 11 is 5.30. The number of aromatic amines is 1. The van der Waals surface area contributed by atoms with Crippen LogP contribution in [0.3, 0.4) is 0 Å². The average Bonchev–Trinajstić information content (AvgIpc) is 2.75. The van der Waals surface area contributed by atoms with Crippen molar-refractivity contribution in [3.8, 4) is 0 Å². The Labute approximate surface area is 127 Å². The Balaban J connectivity index is 2.03. The molecule has 3 rings (SSSR count). The highest BCUT2D eigenvalue weighted by molar-refractivity contribution is 7.71. The van der Waals surface area contributed by atoms with Gasteiger partial charge in [0.15, 0.2) is 16.4 Å². The second-order valence-electron chi connectivity index (χ2n) is 6.39. The molecule has 1 fully saturated rings. The summed E-state index contributed by atoms with van der Waals surface area (Å²) in [5, 5.41) is 0. The van der Waals surface area contributed by atoms with Crippen LogP contribution in [0.15, 0.2) is 12.1 Å². The Morgan fingerprint density at radius 1 is 1.29 bits per heavy atom. The SMILES string of the molecule is CN1CCC(C)(Cn2c(=S)[nH]c3ccc(F)c(F)c32)CC1. The fourth-order valence-corrected chi connectivity index (χ4v) is 3.30. The summed E-state index contributed by atoms with van der Waals surface area (Å²) in [5.74, 6) is -1.66. The van der Waals surface area contributed by atoms with E-state index in [1.165, 1.54) is 6.07 Å². The average molecular weight is 311 g/mol. The molecule has 1 aromatic heterocycles. The van der Waals surface area contributed by atoms with E-state index in [9.17, 15) is 8.78 Å². The van der Waals surface area contributed by atoms with Crippen LogP contribution in [0.1, 0.15) is 19.8 Å². The van der Waals surface area contributed by atoms with Gasteiger partial charge in [0.05, 0.1) is 5.52 Å². The minimum absolute atomic E-state index is 0.0542. The van der Waals surface area contributed by atoms with Crippen molar-refractivity contribution in [3.05, 3.63) is 28.5 Å². The maximum absolute atomic E-state index is 14.1. The molecule has 2 aromatic rings. The van der Waals surface area contributed by atoms with Crippen LogP contribution >= 0.6 is 12.2 Å². The highest BCUT2D eigenvalue weighted by Gasteiger charge is 2.30. The van der Waals surface area contributed by atoms with E-state index in [1.54, 1.807) is 4.57 Å². The molecule has 1 saturated heterocycles. The van der Waals surface area contributed by atoms with Crippen molar-refractivity contribution in [2.24, 2.45) is 5.41 Å². The van der Waals surface area contributed by atoms with E-state index in [0.29, 0.717) is 16.8 Å². The molecule has 0 atom stereocenters. The molecule has 0 saturated carbocycles. The number of benzene rings is 1. The Bertz CT molecular complexity index is 726. The van der Waals surface area contributed by atoms with Crippen molar-refractivity contribution < 1.29 is 8.78 Å². The molecule has 0 spiro atoms. The number of fused-ring (bicyclic) bond motifs is 1. The van der Waals surface area contributed by atoms with Gasteiger partial charge in [-0.1, -0.05) is 6.92 Å². The van der Waals surface area contributed by atoms with E-state index in [4.69, 9.17) is 12.2 Å². The van der Waals surface area contributed by atoms with E-state index in [-0.39, 0.29) is 10.9 Å². The van der Waals surface area contributed by atoms with Gasteiger partial charge in [-0.25, -0.2) is 8.78 Å². The number of H-pyrrole nitrogens is 1. The molecular weight excluding hydrogens is 292 g/mol. The molecule has 0 amide bonds. The molecule has 2 heterocycles. The maximum Gasteiger partial charge on any atom is 0.184 e. The fraction of sp³-hybridized carbons (Fsp3) is 0.533. The molecule has 1 aromatic carbocycles. The Morgan fingerprint density at radius 2 is 1.95 bits per heavy atom. The number of halogens is 2. The van der Waals surface area contributed by atoms with Gasteiger partial charge in [-0.05, 0) is 62.7 Å². The van der Waals surface area contributed by atoms with E-state index >= 15 is 0 Å². The molecular formula is C15H19F2N3S. The molecule has 0 unspecified atom stereocenters. The van der Waals surface area contributed by atoms with E-state index in [2.05, 4.69) is 23.9 Å². The summed E-state index contributed by atoms with van der Waals surface area (Å²) in [6.45, 7) is 4.84. The van der Waals surface area contributed by atoms with Crippen LogP contribution in [0.4, 0.5) is 8.78 Å². The van der Waals surface area contributed by atoms with Crippen LogP contribution < -0.4 is 0 Å². The topological polar surface area (TPSA) is 24.0 Å². The maximum atomic E-state index is 14.1. The van der Waals surface area contributed by atoms with E-state index in [1.807, 2.05) is 0 Å². The van der Waals surface area contributed by atoms with Crippen LogP contribution in [0.5, 0.6) is 0 Å². The first kappa shape index (κ1) is 14.7. The molecule has 21 heavy (non-hydrogen) atoms. The zero-order valence-corrected chi connectivity index (χ0v) is 13.1. The Morgan fingerprint density at radius 3 is 2.62 bits per heavy atom. The van der Waals surface area contributed by atoms with Gasteiger partial charge < -0.3 is 14.5 Å². The summed E-state index contributed by atoms with van der Waals surface area (Å²) in [4.78, 5) is 5.26. The minimum Gasteiger partial charge on any atom is -0.330 e. The van der Waals surface area contributed by atoms with Crippen molar-refractivity contribution >= 4 is 23.3 Å². The number of nitrogens with zero attached hydrogens (tertiary/aromatic N) is 2. The molecule has 0 radical (unpaired) electrons. The number of nitrogens with one attached hydrogen (secondary N) is 1. The predicted octanol–water partition coefficient (Wildman–Crippen LogP) is 3.71. The number of hydrogen-bond acceptors (Lipinski definition) is 2. The summed E-state index contributed by atoms with van der Waals surface area (Å²) in [5.41, 5.74) is 0.856. The van der Waals surface area contributed by atoms with Gasteiger partial charge in [0.1, 0.15) is 5.52 Å². The van der Waals surface area contributed by atoms with Gasteiger partial charge >= 0.3 is 0 Å². The first-order valence-corrected chi connectivity index (χ1v) is 7.55. The zero-order valence-electron chi connectivity index (χ0n) is 12.2. The van der Waals surface area contributed by atoms with Crippen molar-refractivity contribution in [1.29, 1.82) is 0 Å². The normalized spacial score (nSPS) is 19.2. The van der Waals surface area contributed by atoms with E-state index < -0.39 is 11.6 Å². The van der Waals surface area contributed by atoms with Gasteiger partial charge in [-0.3, -0.25) is 0 Å². The quantitative estimate of drug-likeness (QED) is 0.855. The number of likely N-dealkylation sites (tertiary alicyclic amines) is 1. The van der Waals surface area contributed by atoms with Gasteiger partial charge in [-0.15, -0.1) is 0 Å². The fourth-order valence-electron chi connectivity index (χ4n) is 3.04. The third kappa shape index (κ3) is 2.62. The van der Waals surface area contributed by atoms with Crippen LogP contribution in [-0.4, -0.2) is 34.6 Å². The number of aromatic nitrogens is 2. The monoisotopic (exact) mass is 311 g/mol. The summed E-state index contributed by atoms with van der Waals surface area (Å²) < 4.78 is 29.8. The smallest absolute Gasteiger partial charge is 0.184 e. The first-order valence-electron chi connectivity index (χ1n) is 7.15. The second-order valence-corrected chi connectivity index (χ2v) is 6.77. The van der Waals surface area contributed by atoms with Crippen molar-refractivity contribution in [2.45, 2.75) is 26.3 Å². The lowest BCUT2D eigenvalue weighted by Crippen LogP contribution is -2.38. The highest BCUT2D eigenvalue weighted by atomic mass is 32.1. The lowest BCUT2D eigenvalue weighted by Gasteiger charge is -2.38. The standard InChI is InChI=1S/C15H19F2N3S/c1-15(5-7-19(2)8-6-15)9-20-13-11(18-14(20)21)4-3-10(16)12(13)17/h3-4H,5-9H2,1-2H3,(H,18,21). The molecule has 1 N–H and O–H groups in total. The highest BCUT2D eigenvalue weighted by Crippen LogP contribution is 2.34. The third-order valence-electron chi connectivity index (χ3n) is 4.56. The van der Waals surface area contributed by atoms with Gasteiger partial charge in [-0.2, -0.15) is 0 Å². The Hall–Kier alpha value is -1.27. The van der Waals surface area contributed by atoms with Crippen LogP contribution in [0, 0.1) is 21.8 Å². The third-order valence-corrected chi connectivity index (χ3v) is 4.88. The number of rotatable bonds is 2. The van der Waals surface area contributed by atoms with Gasteiger partial charge in [0.25, 0.3) is 0 Å². The largest absolute Gasteiger partial charge is 0.330 e. The molecule has 114 valence electrons. The molecule has 0 bridgehead atoms. The Kier molecular flexibility index (Phi) is 3.61. The number of hydrogen-bond donors (Lipinski definition) is 1. The minimum atomic E-state index is -0.834. The predicted molar refractivity (Wildman–Crippen MR) is 81.9 cm³/mol. The molecule has 1 aliphatic heterocycles. The molecule has 3 nitrogen and oxygen atoms in total. The summed E-state index contributed by atoms with van der Waals surface area (Å²) in [7, 11) is 2.10. The zero-order chi connectivity index (χ0) is 15.2. The van der Waals surface area contributed by atoms with Gasteiger partial charge in [0.2, 0.25) is 0 Å². The van der Waals surface area contributed by atoms with Crippen LogP contribution in [0.25, 0.3) is 11.0 Å². The van der Waals surface area contributed by atoms with Gasteiger partial charge in [0, 0.05) is 6.54 Å². The summed E-state index contributed by atoms with van der Waals surface area (Å²) in [6, 6.07) is 2.67. The summed E-state index contributed by atoms with van der Waals surface area (Å²) in [6.07, 6.45) is 2.05. The van der Waals surface area contributed by atoms with Crippen LogP contribution in [-0.2, 0) is 6.54 Å². The van der Waals surface area contributed by atoms with Crippen LogP contribution in [0.2, 0.25) is 0 Å². The van der Waals surface area contributed by atoms with Crippen molar-refractivity contribution in [3.63, 3.8) is 0 Å². The molecule has 0 aliphatic carbocycles. The van der Waals surface area contributed by atoms with Crippen molar-refractivity contribution in [2.75, 3.05) is 20.1 Å². The van der Waals surface area contributed by atoms with Crippen molar-refractivity contribution in [1.82, 2.24) is 14.5 Å². The lowest BCUT2D eigenvalue weighted by molar-refractivity contribution is 0.121. The number of imidazole rings is 1. The van der Waals surface area contributed by atoms with E-state index in [0.717, 1.165) is 32.0 Å². The number of piperidine rings is 1. The molecule has 1 aliphatic rings. The second kappa shape index (κ2) is 5.18. The lowest BCUT2D eigenvalue weighted by atomic mass is 9.80.